The lowest BCUT2D eigenvalue weighted by molar-refractivity contribution is 0.135. The van der Waals surface area contributed by atoms with E-state index in [0.29, 0.717) is 25.4 Å². The lowest BCUT2D eigenvalue weighted by Crippen LogP contribution is -2.45. The van der Waals surface area contributed by atoms with Gasteiger partial charge in [-0.3, -0.25) is 4.90 Å². The highest BCUT2D eigenvalue weighted by molar-refractivity contribution is 7.89. The van der Waals surface area contributed by atoms with E-state index in [1.54, 1.807) is 12.1 Å². The van der Waals surface area contributed by atoms with Crippen LogP contribution in [0.4, 0.5) is 5.69 Å². The van der Waals surface area contributed by atoms with Gasteiger partial charge in [-0.05, 0) is 51.1 Å². The van der Waals surface area contributed by atoms with Gasteiger partial charge in [0.1, 0.15) is 17.6 Å². The highest BCUT2D eigenvalue weighted by atomic mass is 32.2. The van der Waals surface area contributed by atoms with Crippen LogP contribution in [0.15, 0.2) is 45.9 Å². The van der Waals surface area contributed by atoms with E-state index in [1.165, 1.54) is 4.31 Å². The first-order valence-electron chi connectivity index (χ1n) is 10.3. The molecule has 0 unspecified atom stereocenters. The van der Waals surface area contributed by atoms with Gasteiger partial charge in [-0.2, -0.15) is 4.31 Å². The molecule has 0 saturated carbocycles. The summed E-state index contributed by atoms with van der Waals surface area (Å²) in [5.41, 5.74) is 1.14. The first-order chi connectivity index (χ1) is 14.0. The van der Waals surface area contributed by atoms with Gasteiger partial charge < -0.3 is 14.1 Å². The number of sulfonamides is 1. The molecule has 1 atom stereocenters. The van der Waals surface area contributed by atoms with E-state index in [9.17, 15) is 8.42 Å². The van der Waals surface area contributed by atoms with Gasteiger partial charge in [-0.15, -0.1) is 0 Å². The van der Waals surface area contributed by atoms with Crippen molar-refractivity contribution in [1.29, 1.82) is 0 Å². The molecular formula is C21H29N3O4S. The molecule has 0 radical (unpaired) electrons. The average Bonchev–Trinajstić information content (AvgIpc) is 3.40. The van der Waals surface area contributed by atoms with Crippen LogP contribution in [0.2, 0.25) is 0 Å². The largest absolute Gasteiger partial charge is 0.485 e. The summed E-state index contributed by atoms with van der Waals surface area (Å²) in [4.78, 5) is 4.43. The molecule has 8 heteroatoms. The molecule has 0 spiro atoms. The second-order valence-corrected chi connectivity index (χ2v) is 9.64. The van der Waals surface area contributed by atoms with E-state index in [2.05, 4.69) is 22.8 Å². The minimum absolute atomic E-state index is 0.0395. The Bertz CT molecular complexity index is 937. The quantitative estimate of drug-likeness (QED) is 0.688. The molecule has 0 amide bonds. The van der Waals surface area contributed by atoms with Gasteiger partial charge in [0.25, 0.3) is 10.0 Å². The molecular weight excluding hydrogens is 390 g/mol. The minimum atomic E-state index is -3.51. The van der Waals surface area contributed by atoms with E-state index in [1.807, 2.05) is 25.2 Å². The van der Waals surface area contributed by atoms with Crippen molar-refractivity contribution < 1.29 is 17.6 Å². The Morgan fingerprint density at radius 3 is 2.66 bits per heavy atom. The number of fused-ring (bicyclic) bond motifs is 1. The first-order valence-corrected chi connectivity index (χ1v) is 11.7. The number of likely N-dealkylation sites (N-methyl/N-ethyl adjacent to an activating group) is 2. The summed E-state index contributed by atoms with van der Waals surface area (Å²) in [6.45, 7) is 6.30. The fraction of sp³-hybridized carbons (Fsp3) is 0.524. The SMILES string of the molecule is CCN1C[C@@H](CN(C)Cc2ccc(S(=O)(=O)N3CCCC3)o2)Oc2ccccc21. The number of furan rings is 1. The topological polar surface area (TPSA) is 66.2 Å². The maximum atomic E-state index is 12.6. The molecule has 7 nitrogen and oxygen atoms in total. The third-order valence-electron chi connectivity index (χ3n) is 5.54. The number of para-hydroxylation sites is 2. The van der Waals surface area contributed by atoms with Crippen molar-refractivity contribution in [2.75, 3.05) is 44.7 Å². The summed E-state index contributed by atoms with van der Waals surface area (Å²) >= 11 is 0. The molecule has 1 fully saturated rings. The van der Waals surface area contributed by atoms with Gasteiger partial charge in [0, 0.05) is 26.2 Å². The highest BCUT2D eigenvalue weighted by Gasteiger charge is 2.30. The Labute approximate surface area is 172 Å². The smallest absolute Gasteiger partial charge is 0.276 e. The Kier molecular flexibility index (Phi) is 5.85. The van der Waals surface area contributed by atoms with Gasteiger partial charge in [-0.1, -0.05) is 12.1 Å². The maximum absolute atomic E-state index is 12.6. The summed E-state index contributed by atoms with van der Waals surface area (Å²) in [7, 11) is -1.51. The van der Waals surface area contributed by atoms with Gasteiger partial charge in [0.2, 0.25) is 5.09 Å². The predicted molar refractivity (Wildman–Crippen MR) is 112 cm³/mol. The molecule has 0 bridgehead atoms. The van der Waals surface area contributed by atoms with Gasteiger partial charge in [0.15, 0.2) is 0 Å². The van der Waals surface area contributed by atoms with E-state index in [4.69, 9.17) is 9.15 Å². The van der Waals surface area contributed by atoms with Crippen LogP contribution in [0.1, 0.15) is 25.5 Å². The van der Waals surface area contributed by atoms with Crippen LogP contribution in [0, 0.1) is 0 Å². The molecule has 4 rings (SSSR count). The van der Waals surface area contributed by atoms with Crippen molar-refractivity contribution in [2.24, 2.45) is 0 Å². The van der Waals surface area contributed by atoms with Crippen molar-refractivity contribution in [2.45, 2.75) is 37.5 Å². The molecule has 2 aliphatic rings. The predicted octanol–water partition coefficient (Wildman–Crippen LogP) is 2.78. The summed E-state index contributed by atoms with van der Waals surface area (Å²) in [6.07, 6.45) is 1.86. The van der Waals surface area contributed by atoms with Crippen LogP contribution in [-0.4, -0.2) is 63.5 Å². The molecule has 0 aliphatic carbocycles. The van der Waals surface area contributed by atoms with Crippen LogP contribution in [0.5, 0.6) is 5.75 Å². The van der Waals surface area contributed by atoms with Crippen LogP contribution >= 0.6 is 0 Å². The molecule has 2 aromatic rings. The normalized spacial score (nSPS) is 20.1. The molecule has 0 N–H and O–H groups in total. The Hall–Kier alpha value is -2.03. The number of anilines is 1. The fourth-order valence-electron chi connectivity index (χ4n) is 4.09. The van der Waals surface area contributed by atoms with Gasteiger partial charge in [0.05, 0.1) is 18.8 Å². The summed E-state index contributed by atoms with van der Waals surface area (Å²) in [5.74, 6) is 1.56. The highest BCUT2D eigenvalue weighted by Crippen LogP contribution is 2.33. The van der Waals surface area contributed by atoms with Crippen molar-refractivity contribution in [1.82, 2.24) is 9.21 Å². The molecule has 1 aromatic heterocycles. The molecule has 29 heavy (non-hydrogen) atoms. The second-order valence-electron chi connectivity index (χ2n) is 7.77. The summed E-state index contributed by atoms with van der Waals surface area (Å²) in [5, 5.41) is 0.0443. The monoisotopic (exact) mass is 419 g/mol. The van der Waals surface area contributed by atoms with Crippen molar-refractivity contribution >= 4 is 15.7 Å². The Balaban J connectivity index is 1.38. The third-order valence-corrected chi connectivity index (χ3v) is 7.32. The lowest BCUT2D eigenvalue weighted by atomic mass is 10.2. The van der Waals surface area contributed by atoms with E-state index < -0.39 is 10.0 Å². The standard InChI is InChI=1S/C21H29N3O4S/c1-3-23-16-18(27-20-9-5-4-8-19(20)23)15-22(2)14-17-10-11-21(28-17)29(25,26)24-12-6-7-13-24/h4-5,8-11,18H,3,6-7,12-16H2,1-2H3/t18-/m1/s1. The van der Waals surface area contributed by atoms with Gasteiger partial charge >= 0.3 is 0 Å². The summed E-state index contributed by atoms with van der Waals surface area (Å²) in [6, 6.07) is 11.4. The third kappa shape index (κ3) is 4.29. The molecule has 158 valence electrons. The van der Waals surface area contributed by atoms with E-state index in [0.717, 1.165) is 43.9 Å². The van der Waals surface area contributed by atoms with E-state index >= 15 is 0 Å². The van der Waals surface area contributed by atoms with Crippen LogP contribution in [-0.2, 0) is 16.6 Å². The average molecular weight is 420 g/mol. The van der Waals surface area contributed by atoms with E-state index in [-0.39, 0.29) is 11.2 Å². The van der Waals surface area contributed by atoms with Gasteiger partial charge in [-0.25, -0.2) is 8.42 Å². The fourth-order valence-corrected chi connectivity index (χ4v) is 5.54. The zero-order valence-electron chi connectivity index (χ0n) is 17.1. The molecule has 1 saturated heterocycles. The Morgan fingerprint density at radius 2 is 1.90 bits per heavy atom. The van der Waals surface area contributed by atoms with Crippen LogP contribution in [0.3, 0.4) is 0 Å². The minimum Gasteiger partial charge on any atom is -0.485 e. The zero-order valence-corrected chi connectivity index (χ0v) is 17.9. The number of benzene rings is 1. The molecule has 3 heterocycles. The number of rotatable bonds is 7. The lowest BCUT2D eigenvalue weighted by Gasteiger charge is -2.37. The summed E-state index contributed by atoms with van der Waals surface area (Å²) < 4.78 is 38.6. The molecule has 1 aromatic carbocycles. The van der Waals surface area contributed by atoms with Crippen molar-refractivity contribution in [3.05, 3.63) is 42.2 Å². The Morgan fingerprint density at radius 1 is 1.14 bits per heavy atom. The number of nitrogens with zero attached hydrogens (tertiary/aromatic N) is 3. The zero-order chi connectivity index (χ0) is 20.4. The second kappa shape index (κ2) is 8.38. The number of hydrogen-bond acceptors (Lipinski definition) is 6. The van der Waals surface area contributed by atoms with Crippen LogP contribution in [0.25, 0.3) is 0 Å². The van der Waals surface area contributed by atoms with Crippen molar-refractivity contribution in [3.63, 3.8) is 0 Å². The van der Waals surface area contributed by atoms with Crippen molar-refractivity contribution in [3.8, 4) is 5.75 Å². The number of hydrogen-bond donors (Lipinski definition) is 0. The first kappa shape index (κ1) is 20.3. The maximum Gasteiger partial charge on any atom is 0.276 e. The van der Waals surface area contributed by atoms with Crippen LogP contribution < -0.4 is 9.64 Å². The molecule has 2 aliphatic heterocycles. The number of ether oxygens (including phenoxy) is 1.